The van der Waals surface area contributed by atoms with E-state index < -0.39 is 0 Å². The van der Waals surface area contributed by atoms with E-state index in [0.717, 1.165) is 10.2 Å². The van der Waals surface area contributed by atoms with E-state index in [1.54, 1.807) is 24.4 Å². The minimum absolute atomic E-state index is 0.174. The predicted molar refractivity (Wildman–Crippen MR) is 66.6 cm³/mol. The molecule has 0 amide bonds. The Morgan fingerprint density at radius 3 is 2.88 bits per heavy atom. The van der Waals surface area contributed by atoms with Crippen molar-refractivity contribution in [3.63, 3.8) is 0 Å². The summed E-state index contributed by atoms with van der Waals surface area (Å²) in [4.78, 5) is 8.35. The van der Waals surface area contributed by atoms with Crippen molar-refractivity contribution in [3.8, 4) is 17.2 Å². The van der Waals surface area contributed by atoms with Gasteiger partial charge in [0.25, 0.3) is 0 Å². The van der Waals surface area contributed by atoms with Crippen LogP contribution in [0.5, 0.6) is 5.75 Å². The number of benzene rings is 1. The number of halogens is 1. The monoisotopic (exact) mass is 290 g/mol. The Morgan fingerprint density at radius 1 is 1.18 bits per heavy atom. The summed E-state index contributed by atoms with van der Waals surface area (Å²) in [6.07, 6.45) is 1.67. The summed E-state index contributed by atoms with van der Waals surface area (Å²) in [5.41, 5.74) is 2.11. The van der Waals surface area contributed by atoms with Gasteiger partial charge in [0.05, 0.1) is 0 Å². The number of nitrogens with zero attached hydrogens (tertiary/aromatic N) is 2. The minimum atomic E-state index is 0.174. The molecule has 0 fully saturated rings. The van der Waals surface area contributed by atoms with E-state index in [4.69, 9.17) is 4.42 Å². The van der Waals surface area contributed by atoms with Gasteiger partial charge in [0, 0.05) is 17.8 Å². The molecule has 3 rings (SSSR count). The smallest absolute Gasteiger partial charge is 0.227 e. The number of rotatable bonds is 1. The highest BCUT2D eigenvalue weighted by atomic mass is 79.9. The predicted octanol–water partition coefficient (Wildman–Crippen LogP) is 3.36. The van der Waals surface area contributed by atoms with Gasteiger partial charge in [-0.05, 0) is 40.2 Å². The molecule has 2 aromatic heterocycles. The number of hydrogen-bond acceptors (Lipinski definition) is 4. The van der Waals surface area contributed by atoms with E-state index in [9.17, 15) is 5.11 Å². The first kappa shape index (κ1) is 10.3. The number of aromatic nitrogens is 2. The van der Waals surface area contributed by atoms with Gasteiger partial charge >= 0.3 is 0 Å². The lowest BCUT2D eigenvalue weighted by Gasteiger charge is -1.94. The first-order valence-corrected chi connectivity index (χ1v) is 5.73. The molecule has 0 saturated carbocycles. The molecule has 0 aliphatic carbocycles. The maximum atomic E-state index is 9.36. The number of oxazole rings is 1. The van der Waals surface area contributed by atoms with Crippen LogP contribution in [0, 0.1) is 0 Å². The Bertz CT molecular complexity index is 694. The fraction of sp³-hybridized carbons (Fsp3) is 0. The summed E-state index contributed by atoms with van der Waals surface area (Å²) >= 11 is 3.29. The van der Waals surface area contributed by atoms with Crippen LogP contribution in [-0.4, -0.2) is 15.1 Å². The molecule has 0 unspecified atom stereocenters. The topological polar surface area (TPSA) is 59.2 Å². The van der Waals surface area contributed by atoms with E-state index in [2.05, 4.69) is 25.9 Å². The Balaban J connectivity index is 2.18. The number of hydrogen-bond donors (Lipinski definition) is 1. The van der Waals surface area contributed by atoms with Crippen molar-refractivity contribution in [2.24, 2.45) is 0 Å². The first-order chi connectivity index (χ1) is 8.22. The van der Waals surface area contributed by atoms with Gasteiger partial charge in [0.15, 0.2) is 5.58 Å². The fourth-order valence-corrected chi connectivity index (χ4v) is 1.94. The van der Waals surface area contributed by atoms with E-state index in [0.29, 0.717) is 17.0 Å². The lowest BCUT2D eigenvalue weighted by Crippen LogP contribution is -1.79. The molecule has 0 bridgehead atoms. The van der Waals surface area contributed by atoms with Crippen molar-refractivity contribution in [3.05, 3.63) is 41.1 Å². The molecule has 1 N–H and O–H groups in total. The highest BCUT2D eigenvalue weighted by Crippen LogP contribution is 2.27. The SMILES string of the molecule is Oc1ccc2oc(-c3ccnc(Br)c3)nc2c1. The molecule has 17 heavy (non-hydrogen) atoms. The number of phenols is 1. The number of aromatic hydroxyl groups is 1. The molecule has 3 aromatic rings. The average Bonchev–Trinajstić information content (AvgIpc) is 2.72. The van der Waals surface area contributed by atoms with E-state index in [-0.39, 0.29) is 5.75 Å². The quantitative estimate of drug-likeness (QED) is 0.698. The third kappa shape index (κ3) is 1.89. The number of phenolic OH excluding ortho intramolecular Hbond substituents is 1. The third-order valence-corrected chi connectivity index (χ3v) is 2.78. The summed E-state index contributed by atoms with van der Waals surface area (Å²) in [6.45, 7) is 0. The lowest BCUT2D eigenvalue weighted by atomic mass is 10.3. The van der Waals surface area contributed by atoms with E-state index >= 15 is 0 Å². The second-order valence-corrected chi connectivity index (χ2v) is 4.35. The molecule has 2 heterocycles. The van der Waals surface area contributed by atoms with Crippen LogP contribution in [-0.2, 0) is 0 Å². The summed E-state index contributed by atoms with van der Waals surface area (Å²) in [5.74, 6) is 0.682. The largest absolute Gasteiger partial charge is 0.508 e. The Kier molecular flexibility index (Phi) is 2.33. The Hall–Kier alpha value is -1.88. The molecular formula is C12H7BrN2O2. The molecule has 0 atom stereocenters. The van der Waals surface area contributed by atoms with Crippen LogP contribution in [0.3, 0.4) is 0 Å². The van der Waals surface area contributed by atoms with E-state index in [1.165, 1.54) is 0 Å². The lowest BCUT2D eigenvalue weighted by molar-refractivity contribution is 0.476. The van der Waals surface area contributed by atoms with Crippen LogP contribution in [0.1, 0.15) is 0 Å². The van der Waals surface area contributed by atoms with Crippen molar-refractivity contribution in [2.75, 3.05) is 0 Å². The highest BCUT2D eigenvalue weighted by Gasteiger charge is 2.09. The van der Waals surface area contributed by atoms with Gasteiger partial charge in [-0.3, -0.25) is 0 Å². The van der Waals surface area contributed by atoms with Gasteiger partial charge in [-0.15, -0.1) is 0 Å². The Morgan fingerprint density at radius 2 is 2.06 bits per heavy atom. The van der Waals surface area contributed by atoms with Crippen LogP contribution in [0.15, 0.2) is 45.5 Å². The van der Waals surface area contributed by atoms with Gasteiger partial charge in [-0.25, -0.2) is 9.97 Å². The number of pyridine rings is 1. The molecule has 0 radical (unpaired) electrons. The second kappa shape index (κ2) is 3.85. The minimum Gasteiger partial charge on any atom is -0.508 e. The normalized spacial score (nSPS) is 10.9. The zero-order valence-corrected chi connectivity index (χ0v) is 10.2. The summed E-state index contributed by atoms with van der Waals surface area (Å²) in [7, 11) is 0. The van der Waals surface area contributed by atoms with Crippen LogP contribution in [0.25, 0.3) is 22.6 Å². The van der Waals surface area contributed by atoms with Crippen molar-refractivity contribution in [1.29, 1.82) is 0 Å². The van der Waals surface area contributed by atoms with Crippen molar-refractivity contribution in [2.45, 2.75) is 0 Å². The van der Waals surface area contributed by atoms with Crippen LogP contribution in [0.4, 0.5) is 0 Å². The zero-order valence-electron chi connectivity index (χ0n) is 8.59. The molecule has 84 valence electrons. The van der Waals surface area contributed by atoms with Crippen LogP contribution < -0.4 is 0 Å². The zero-order chi connectivity index (χ0) is 11.8. The Labute approximate surface area is 105 Å². The highest BCUT2D eigenvalue weighted by molar-refractivity contribution is 9.10. The van der Waals surface area contributed by atoms with Crippen molar-refractivity contribution < 1.29 is 9.52 Å². The number of fused-ring (bicyclic) bond motifs is 1. The maximum absolute atomic E-state index is 9.36. The molecule has 5 heteroatoms. The first-order valence-electron chi connectivity index (χ1n) is 4.94. The summed E-state index contributed by atoms with van der Waals surface area (Å²) < 4.78 is 6.32. The molecule has 0 saturated heterocycles. The standard InChI is InChI=1S/C12H7BrN2O2/c13-11-5-7(3-4-14-11)12-15-9-6-8(16)1-2-10(9)17-12/h1-6,16H. The van der Waals surface area contributed by atoms with Gasteiger partial charge in [-0.1, -0.05) is 0 Å². The summed E-state index contributed by atoms with van der Waals surface area (Å²) in [6, 6.07) is 8.47. The molecule has 0 aliphatic rings. The van der Waals surface area contributed by atoms with Gasteiger partial charge in [-0.2, -0.15) is 0 Å². The van der Waals surface area contributed by atoms with Gasteiger partial charge in [0.1, 0.15) is 15.9 Å². The maximum Gasteiger partial charge on any atom is 0.227 e. The fourth-order valence-electron chi connectivity index (χ4n) is 1.57. The molecule has 0 aliphatic heterocycles. The van der Waals surface area contributed by atoms with Crippen molar-refractivity contribution in [1.82, 2.24) is 9.97 Å². The van der Waals surface area contributed by atoms with Gasteiger partial charge in [0.2, 0.25) is 5.89 Å². The average molecular weight is 291 g/mol. The molecule has 4 nitrogen and oxygen atoms in total. The summed E-state index contributed by atoms with van der Waals surface area (Å²) in [5, 5.41) is 9.36. The van der Waals surface area contributed by atoms with Crippen molar-refractivity contribution >= 4 is 27.0 Å². The molecule has 1 aromatic carbocycles. The van der Waals surface area contributed by atoms with Crippen LogP contribution in [0.2, 0.25) is 0 Å². The molecule has 0 spiro atoms. The molecular weight excluding hydrogens is 284 g/mol. The van der Waals surface area contributed by atoms with Crippen LogP contribution >= 0.6 is 15.9 Å². The second-order valence-electron chi connectivity index (χ2n) is 3.54. The van der Waals surface area contributed by atoms with Gasteiger partial charge < -0.3 is 9.52 Å². The van der Waals surface area contributed by atoms with E-state index in [1.807, 2.05) is 12.1 Å². The third-order valence-electron chi connectivity index (χ3n) is 2.34.